The molecule has 2 heterocycles. The molecule has 0 bridgehead atoms. The molecule has 32 heavy (non-hydrogen) atoms. The fourth-order valence-corrected chi connectivity index (χ4v) is 3.61. The molecule has 10 nitrogen and oxygen atoms in total. The average molecular weight is 434 g/mol. The predicted octanol–water partition coefficient (Wildman–Crippen LogP) is 2.69. The van der Waals surface area contributed by atoms with Crippen LogP contribution in [0.1, 0.15) is 22.4 Å². The van der Waals surface area contributed by atoms with Gasteiger partial charge in [0.25, 0.3) is 5.56 Å². The lowest BCUT2D eigenvalue weighted by molar-refractivity contribution is -0.385. The maximum Gasteiger partial charge on any atom is 0.311 e. The van der Waals surface area contributed by atoms with Gasteiger partial charge in [-0.05, 0) is 17.7 Å². The zero-order chi connectivity index (χ0) is 22.5. The molecule has 0 aliphatic carbocycles. The largest absolute Gasteiger partial charge is 0.490 e. The Balaban J connectivity index is 1.44. The number of fused-ring (bicyclic) bond motifs is 1. The number of nitro groups is 1. The number of hydrazone groups is 1. The highest BCUT2D eigenvalue weighted by atomic mass is 16.6. The second kappa shape index (κ2) is 9.40. The first-order chi connectivity index (χ1) is 15.5. The second-order valence-electron chi connectivity index (χ2n) is 7.34. The van der Waals surface area contributed by atoms with Crippen molar-refractivity contribution in [2.24, 2.45) is 5.10 Å². The first kappa shape index (κ1) is 21.2. The Morgan fingerprint density at radius 3 is 2.88 bits per heavy atom. The summed E-state index contributed by atoms with van der Waals surface area (Å²) in [6.07, 6.45) is 2.07. The van der Waals surface area contributed by atoms with Gasteiger partial charge in [0.05, 0.1) is 29.5 Å². The van der Waals surface area contributed by atoms with Crippen molar-refractivity contribution in [3.8, 4) is 5.75 Å². The summed E-state index contributed by atoms with van der Waals surface area (Å²) in [6.45, 7) is 2.11. The van der Waals surface area contributed by atoms with Crippen LogP contribution in [-0.4, -0.2) is 39.7 Å². The Bertz CT molecular complexity index is 1210. The van der Waals surface area contributed by atoms with Crippen molar-refractivity contribution >= 4 is 17.9 Å². The van der Waals surface area contributed by atoms with Crippen molar-refractivity contribution in [3.63, 3.8) is 0 Å². The Morgan fingerprint density at radius 2 is 2.12 bits per heavy atom. The number of hydrogen-bond donors (Lipinski definition) is 2. The number of nitrogens with zero attached hydrogens (tertiary/aromatic N) is 4. The minimum absolute atomic E-state index is 0.156. The van der Waals surface area contributed by atoms with Crippen LogP contribution in [0, 0.1) is 10.1 Å². The molecule has 0 fully saturated rings. The van der Waals surface area contributed by atoms with Gasteiger partial charge in [0.1, 0.15) is 0 Å². The number of aromatic amines is 1. The van der Waals surface area contributed by atoms with Gasteiger partial charge >= 0.3 is 5.69 Å². The van der Waals surface area contributed by atoms with Crippen LogP contribution in [0.5, 0.6) is 5.75 Å². The van der Waals surface area contributed by atoms with Crippen LogP contribution in [0.4, 0.5) is 11.6 Å². The van der Waals surface area contributed by atoms with Crippen molar-refractivity contribution in [1.29, 1.82) is 0 Å². The van der Waals surface area contributed by atoms with Gasteiger partial charge in [-0.1, -0.05) is 30.3 Å². The summed E-state index contributed by atoms with van der Waals surface area (Å²) in [5.74, 6) is 0.395. The highest BCUT2D eigenvalue weighted by Crippen LogP contribution is 2.26. The van der Waals surface area contributed by atoms with Gasteiger partial charge in [-0.15, -0.1) is 0 Å². The molecule has 0 spiro atoms. The lowest BCUT2D eigenvalue weighted by Crippen LogP contribution is -2.35. The van der Waals surface area contributed by atoms with E-state index in [4.69, 9.17) is 4.74 Å². The Labute approximate surface area is 183 Å². The number of anilines is 1. The SMILES string of the molecule is COc1ccc(/C=N\Nc2nc3c(c(=O)[nH]2)CN(Cc2ccccc2)CC3)cc1[N+](=O)[O-]. The van der Waals surface area contributed by atoms with Gasteiger partial charge in [-0.3, -0.25) is 24.8 Å². The summed E-state index contributed by atoms with van der Waals surface area (Å²) in [4.78, 5) is 32.6. The second-order valence-corrected chi connectivity index (χ2v) is 7.34. The number of aromatic nitrogens is 2. The minimum atomic E-state index is -0.521. The molecule has 0 unspecified atom stereocenters. The van der Waals surface area contributed by atoms with Crippen molar-refractivity contribution < 1.29 is 9.66 Å². The summed E-state index contributed by atoms with van der Waals surface area (Å²) in [5.41, 5.74) is 5.45. The molecule has 0 saturated heterocycles. The molecular formula is C22H22N6O4. The normalized spacial score (nSPS) is 13.7. The van der Waals surface area contributed by atoms with E-state index in [0.717, 1.165) is 18.8 Å². The van der Waals surface area contributed by atoms with Crippen LogP contribution in [-0.2, 0) is 19.5 Å². The summed E-state index contributed by atoms with van der Waals surface area (Å²) in [5, 5.41) is 15.2. The molecule has 1 aliphatic heterocycles. The molecule has 10 heteroatoms. The summed E-state index contributed by atoms with van der Waals surface area (Å²) < 4.78 is 4.99. The average Bonchev–Trinajstić information content (AvgIpc) is 2.80. The van der Waals surface area contributed by atoms with Crippen molar-refractivity contribution in [2.75, 3.05) is 19.1 Å². The highest BCUT2D eigenvalue weighted by molar-refractivity contribution is 5.82. The minimum Gasteiger partial charge on any atom is -0.490 e. The van der Waals surface area contributed by atoms with Crippen LogP contribution in [0.25, 0.3) is 0 Å². The number of rotatable bonds is 7. The zero-order valence-electron chi connectivity index (χ0n) is 17.4. The van der Waals surface area contributed by atoms with Gasteiger partial charge in [-0.25, -0.2) is 10.4 Å². The van der Waals surface area contributed by atoms with E-state index < -0.39 is 4.92 Å². The third-order valence-electron chi connectivity index (χ3n) is 5.18. The van der Waals surface area contributed by atoms with Crippen LogP contribution >= 0.6 is 0 Å². The maximum atomic E-state index is 12.6. The van der Waals surface area contributed by atoms with Crippen LogP contribution in [0.3, 0.4) is 0 Å². The molecule has 0 saturated carbocycles. The number of H-pyrrole nitrogens is 1. The van der Waals surface area contributed by atoms with Crippen LogP contribution < -0.4 is 15.7 Å². The molecule has 164 valence electrons. The number of nitro benzene ring substituents is 1. The standard InChI is InChI=1S/C22H22N6O4/c1-32-20-8-7-16(11-19(20)28(30)31)12-23-26-22-24-18-9-10-27(14-17(18)21(29)25-22)13-15-5-3-2-4-6-15/h2-8,11-12H,9-10,13-14H2,1H3,(H2,24,25,26,29)/b23-12-. The highest BCUT2D eigenvalue weighted by Gasteiger charge is 2.21. The lowest BCUT2D eigenvalue weighted by atomic mass is 10.1. The van der Waals surface area contributed by atoms with E-state index in [1.54, 1.807) is 6.07 Å². The van der Waals surface area contributed by atoms with Gasteiger partial charge in [0, 0.05) is 37.7 Å². The quantitative estimate of drug-likeness (QED) is 0.333. The number of hydrogen-bond acceptors (Lipinski definition) is 8. The van der Waals surface area contributed by atoms with E-state index in [9.17, 15) is 14.9 Å². The van der Waals surface area contributed by atoms with E-state index in [1.165, 1.54) is 31.0 Å². The number of nitrogens with one attached hydrogen (secondary N) is 2. The molecule has 0 radical (unpaired) electrons. The number of ether oxygens (including phenoxy) is 1. The van der Waals surface area contributed by atoms with E-state index in [-0.39, 0.29) is 22.9 Å². The molecular weight excluding hydrogens is 412 g/mol. The molecule has 0 amide bonds. The molecule has 4 rings (SSSR count). The Morgan fingerprint density at radius 1 is 1.31 bits per heavy atom. The zero-order valence-corrected chi connectivity index (χ0v) is 17.4. The van der Waals surface area contributed by atoms with E-state index in [1.807, 2.05) is 18.2 Å². The van der Waals surface area contributed by atoms with Gasteiger partial charge in [0.15, 0.2) is 5.75 Å². The van der Waals surface area contributed by atoms with Gasteiger partial charge in [0.2, 0.25) is 5.95 Å². The third-order valence-corrected chi connectivity index (χ3v) is 5.18. The Kier molecular flexibility index (Phi) is 6.22. The summed E-state index contributed by atoms with van der Waals surface area (Å²) in [7, 11) is 1.37. The first-order valence-electron chi connectivity index (χ1n) is 10.0. The van der Waals surface area contributed by atoms with Crippen LogP contribution in [0.2, 0.25) is 0 Å². The summed E-state index contributed by atoms with van der Waals surface area (Å²) >= 11 is 0. The Hall–Kier alpha value is -4.05. The van der Waals surface area contributed by atoms with Crippen molar-refractivity contribution in [3.05, 3.63) is 91.4 Å². The van der Waals surface area contributed by atoms with Gasteiger partial charge < -0.3 is 4.74 Å². The molecule has 1 aromatic heterocycles. The van der Waals surface area contributed by atoms with Crippen LogP contribution in [0.15, 0.2) is 58.4 Å². The smallest absolute Gasteiger partial charge is 0.311 e. The number of methoxy groups -OCH3 is 1. The lowest BCUT2D eigenvalue weighted by Gasteiger charge is -2.27. The first-order valence-corrected chi connectivity index (χ1v) is 10.0. The summed E-state index contributed by atoms with van der Waals surface area (Å²) in [6, 6.07) is 14.6. The predicted molar refractivity (Wildman–Crippen MR) is 120 cm³/mol. The van der Waals surface area contributed by atoms with E-state index in [2.05, 4.69) is 37.5 Å². The maximum absolute atomic E-state index is 12.6. The van der Waals surface area contributed by atoms with Crippen molar-refractivity contribution in [2.45, 2.75) is 19.5 Å². The van der Waals surface area contributed by atoms with E-state index >= 15 is 0 Å². The topological polar surface area (TPSA) is 126 Å². The van der Waals surface area contributed by atoms with Crippen molar-refractivity contribution in [1.82, 2.24) is 14.9 Å². The monoisotopic (exact) mass is 434 g/mol. The molecule has 0 atom stereocenters. The third kappa shape index (κ3) is 4.81. The molecule has 2 aromatic carbocycles. The fraction of sp³-hybridized carbons (Fsp3) is 0.227. The molecule has 1 aliphatic rings. The number of benzene rings is 2. The fourth-order valence-electron chi connectivity index (χ4n) is 3.61. The van der Waals surface area contributed by atoms with Gasteiger partial charge in [-0.2, -0.15) is 5.10 Å². The molecule has 3 aromatic rings. The molecule has 2 N–H and O–H groups in total. The van der Waals surface area contributed by atoms with E-state index in [0.29, 0.717) is 24.1 Å².